The maximum Gasteiger partial charge on any atom is 0.253 e. The Balaban J connectivity index is 1.59. The van der Waals surface area contributed by atoms with E-state index < -0.39 is 29.1 Å². The number of rotatable bonds is 14. The molecule has 3 heterocycles. The van der Waals surface area contributed by atoms with Crippen molar-refractivity contribution in [1.29, 1.82) is 0 Å². The summed E-state index contributed by atoms with van der Waals surface area (Å²) in [5.74, 6) is -2.40. The third-order valence-electron chi connectivity index (χ3n) is 10.3. The second-order valence-electron chi connectivity index (χ2n) is 13.2. The number of carbonyl (C=O) groups excluding carboxylic acids is 3. The molecule has 6 atom stereocenters. The van der Waals surface area contributed by atoms with Gasteiger partial charge < -0.3 is 24.5 Å². The van der Waals surface area contributed by atoms with Crippen LogP contribution >= 0.6 is 11.6 Å². The highest BCUT2D eigenvalue weighted by molar-refractivity contribution is 6.34. The fourth-order valence-corrected chi connectivity index (χ4v) is 8.45. The van der Waals surface area contributed by atoms with Gasteiger partial charge in [-0.1, -0.05) is 73.1 Å². The van der Waals surface area contributed by atoms with Crippen LogP contribution in [0.5, 0.6) is 0 Å². The summed E-state index contributed by atoms with van der Waals surface area (Å²) in [6.07, 6.45) is 5.72. The van der Waals surface area contributed by atoms with Crippen LogP contribution in [0.1, 0.15) is 50.7 Å². The first-order valence-corrected chi connectivity index (χ1v) is 16.7. The van der Waals surface area contributed by atoms with Gasteiger partial charge in [-0.05, 0) is 62.6 Å². The molecule has 3 saturated heterocycles. The minimum absolute atomic E-state index is 0.0534. The Kier molecular flexibility index (Phi) is 10.1. The fraction of sp³-hybridized carbons (Fsp3) is 0.486. The number of likely N-dealkylation sites (tertiary alicyclic amines) is 1. The number of aliphatic hydroxyl groups is 1. The monoisotopic (exact) mass is 647 g/mol. The molecule has 0 saturated carbocycles. The summed E-state index contributed by atoms with van der Waals surface area (Å²) < 4.78 is 7.00. The molecule has 0 aliphatic carbocycles. The molecule has 2 aromatic rings. The first kappa shape index (κ1) is 33.9. The Morgan fingerprint density at radius 3 is 2.43 bits per heavy atom. The Morgan fingerprint density at radius 1 is 1.07 bits per heavy atom. The average molecular weight is 648 g/mol. The lowest BCUT2D eigenvalue weighted by atomic mass is 9.62. The molecule has 3 aliphatic heterocycles. The zero-order valence-corrected chi connectivity index (χ0v) is 27.9. The first-order chi connectivity index (χ1) is 22.0. The fourth-order valence-electron chi connectivity index (χ4n) is 8.13. The van der Waals surface area contributed by atoms with E-state index in [2.05, 4.69) is 20.1 Å². The quantitative estimate of drug-likeness (QED) is 0.214. The molecule has 3 unspecified atom stereocenters. The van der Waals surface area contributed by atoms with Crippen LogP contribution in [0.25, 0.3) is 0 Å². The number of hydrogen-bond acceptors (Lipinski definition) is 5. The third kappa shape index (κ3) is 5.69. The summed E-state index contributed by atoms with van der Waals surface area (Å²) in [4.78, 5) is 49.3. The van der Waals surface area contributed by atoms with Crippen molar-refractivity contribution in [2.75, 3.05) is 31.1 Å². The van der Waals surface area contributed by atoms with Crippen molar-refractivity contribution in [3.63, 3.8) is 0 Å². The molecule has 2 bridgehead atoms. The number of aryl methyl sites for hydroxylation is 1. The van der Waals surface area contributed by atoms with Crippen molar-refractivity contribution in [2.45, 2.75) is 70.2 Å². The molecule has 246 valence electrons. The molecule has 5 rings (SSSR count). The van der Waals surface area contributed by atoms with Crippen LogP contribution in [-0.4, -0.2) is 76.1 Å². The van der Waals surface area contributed by atoms with Crippen molar-refractivity contribution in [3.8, 4) is 0 Å². The van der Waals surface area contributed by atoms with Crippen LogP contribution in [0.3, 0.4) is 0 Å². The Hall–Kier alpha value is -3.46. The standard InChI is InChI=1S/C37H46ClN3O5/c1-6-19-39(24-27-16-10-8-11-17-27)33(43)29-30-34(44)41(21-12-9-13-22-42)32(37(30)23-26(4)36(29,5)46-37)35(45)40(20-7-2)31-25(3)15-14-18-28(31)38/h6-8,10-11,14-18,26,29-30,32,42H,1-2,9,12-13,19-24H2,3-5H3/t26?,29-,30+,32?,36+,37?/m1/s1. The van der Waals surface area contributed by atoms with Crippen LogP contribution in [-0.2, 0) is 25.7 Å². The molecule has 3 amide bonds. The number of carbonyl (C=O) groups is 3. The van der Waals surface area contributed by atoms with Crippen LogP contribution < -0.4 is 4.90 Å². The van der Waals surface area contributed by atoms with E-state index >= 15 is 0 Å². The van der Waals surface area contributed by atoms with E-state index in [0.29, 0.717) is 56.0 Å². The van der Waals surface area contributed by atoms with Crippen LogP contribution in [0.4, 0.5) is 5.69 Å². The normalized spacial score (nSPS) is 27.8. The van der Waals surface area contributed by atoms with Gasteiger partial charge in [-0.25, -0.2) is 0 Å². The van der Waals surface area contributed by atoms with Crippen molar-refractivity contribution >= 4 is 35.0 Å². The summed E-state index contributed by atoms with van der Waals surface area (Å²) in [5, 5.41) is 9.82. The first-order valence-electron chi connectivity index (χ1n) is 16.3. The molecular formula is C37H46ClN3O5. The zero-order chi connectivity index (χ0) is 33.2. The molecule has 8 nitrogen and oxygen atoms in total. The Morgan fingerprint density at radius 2 is 1.78 bits per heavy atom. The van der Waals surface area contributed by atoms with E-state index in [9.17, 15) is 19.5 Å². The molecule has 46 heavy (non-hydrogen) atoms. The van der Waals surface area contributed by atoms with Crippen molar-refractivity contribution in [2.24, 2.45) is 17.8 Å². The number of para-hydroxylation sites is 1. The molecule has 0 aromatic heterocycles. The van der Waals surface area contributed by atoms with Gasteiger partial charge in [0, 0.05) is 32.8 Å². The minimum atomic E-state index is -1.19. The second-order valence-corrected chi connectivity index (χ2v) is 13.6. The molecule has 3 aliphatic rings. The SMILES string of the molecule is C=CCN(Cc1ccccc1)C(=O)[C@H]1[C@H]2C(=O)N(CCCCCO)C(C(=O)N(CC=C)c3c(C)cccc3Cl)C23CC(C)[C@]1(C)O3. The highest BCUT2D eigenvalue weighted by Crippen LogP contribution is 2.65. The number of amides is 3. The highest BCUT2D eigenvalue weighted by atomic mass is 35.5. The molecule has 1 N–H and O–H groups in total. The molecule has 9 heteroatoms. The van der Waals surface area contributed by atoms with Crippen molar-refractivity contribution < 1.29 is 24.2 Å². The second kappa shape index (κ2) is 13.7. The van der Waals surface area contributed by atoms with E-state index in [1.54, 1.807) is 32.9 Å². The number of anilines is 1. The van der Waals surface area contributed by atoms with E-state index in [4.69, 9.17) is 16.3 Å². The zero-order valence-electron chi connectivity index (χ0n) is 27.2. The number of fused-ring (bicyclic) bond motifs is 1. The number of aliphatic hydroxyl groups excluding tert-OH is 1. The molecular weight excluding hydrogens is 602 g/mol. The van der Waals surface area contributed by atoms with Crippen molar-refractivity contribution in [1.82, 2.24) is 9.80 Å². The summed E-state index contributed by atoms with van der Waals surface area (Å²) >= 11 is 6.70. The largest absolute Gasteiger partial charge is 0.396 e. The van der Waals surface area contributed by atoms with E-state index in [0.717, 1.165) is 11.1 Å². The number of benzene rings is 2. The predicted molar refractivity (Wildman–Crippen MR) is 180 cm³/mol. The number of ether oxygens (including phenoxy) is 1. The van der Waals surface area contributed by atoms with Gasteiger partial charge in [-0.3, -0.25) is 14.4 Å². The molecule has 2 aromatic carbocycles. The highest BCUT2D eigenvalue weighted by Gasteiger charge is 2.80. The Bertz CT molecular complexity index is 1460. The van der Waals surface area contributed by atoms with E-state index in [1.807, 2.05) is 56.3 Å². The lowest BCUT2D eigenvalue weighted by Gasteiger charge is -2.39. The van der Waals surface area contributed by atoms with Gasteiger partial charge in [0.1, 0.15) is 11.6 Å². The van der Waals surface area contributed by atoms with Gasteiger partial charge in [0.15, 0.2) is 0 Å². The lowest BCUT2D eigenvalue weighted by Crippen LogP contribution is -2.57. The minimum Gasteiger partial charge on any atom is -0.396 e. The summed E-state index contributed by atoms with van der Waals surface area (Å²) in [6.45, 7) is 14.9. The predicted octanol–water partition coefficient (Wildman–Crippen LogP) is 5.56. The average Bonchev–Trinajstić information content (AvgIpc) is 3.54. The number of unbranched alkanes of at least 4 members (excludes halogenated alkanes) is 2. The van der Waals surface area contributed by atoms with Gasteiger partial charge >= 0.3 is 0 Å². The van der Waals surface area contributed by atoms with Gasteiger partial charge in [0.2, 0.25) is 11.8 Å². The maximum atomic E-state index is 15.0. The third-order valence-corrected chi connectivity index (χ3v) is 10.6. The summed E-state index contributed by atoms with van der Waals surface area (Å²) in [7, 11) is 0. The van der Waals surface area contributed by atoms with Crippen LogP contribution in [0.15, 0.2) is 73.8 Å². The van der Waals surface area contributed by atoms with Crippen molar-refractivity contribution in [3.05, 3.63) is 90.0 Å². The summed E-state index contributed by atoms with van der Waals surface area (Å²) in [5.41, 5.74) is 0.225. The number of hydrogen-bond donors (Lipinski definition) is 1. The van der Waals surface area contributed by atoms with Gasteiger partial charge in [0.25, 0.3) is 5.91 Å². The summed E-state index contributed by atoms with van der Waals surface area (Å²) in [6, 6.07) is 14.3. The van der Waals surface area contributed by atoms with Crippen LogP contribution in [0, 0.1) is 24.7 Å². The topological polar surface area (TPSA) is 90.4 Å². The van der Waals surface area contributed by atoms with E-state index in [1.165, 1.54) is 0 Å². The van der Waals surface area contributed by atoms with Gasteiger partial charge in [-0.2, -0.15) is 0 Å². The van der Waals surface area contributed by atoms with E-state index in [-0.39, 0.29) is 36.8 Å². The Labute approximate surface area is 277 Å². The number of halogens is 1. The molecule has 0 radical (unpaired) electrons. The smallest absolute Gasteiger partial charge is 0.253 e. The number of nitrogens with zero attached hydrogens (tertiary/aromatic N) is 3. The lowest BCUT2D eigenvalue weighted by molar-refractivity contribution is -0.151. The maximum absolute atomic E-state index is 15.0. The van der Waals surface area contributed by atoms with Gasteiger partial charge in [-0.15, -0.1) is 13.2 Å². The van der Waals surface area contributed by atoms with Gasteiger partial charge in [0.05, 0.1) is 28.1 Å². The van der Waals surface area contributed by atoms with Crippen LogP contribution in [0.2, 0.25) is 5.02 Å². The molecule has 3 fully saturated rings. The molecule has 1 spiro atoms.